The molecular formula is C45H57BrO4. The zero-order valence-electron chi connectivity index (χ0n) is 31.2. The Bertz CT molecular complexity index is 1680. The van der Waals surface area contributed by atoms with Gasteiger partial charge in [0.05, 0.1) is 18.1 Å². The highest BCUT2D eigenvalue weighted by Crippen LogP contribution is 2.78. The number of esters is 2. The van der Waals surface area contributed by atoms with E-state index in [4.69, 9.17) is 9.47 Å². The van der Waals surface area contributed by atoms with E-state index in [1.165, 1.54) is 49.5 Å². The number of allylic oxidation sites excluding steroid dienone is 3. The van der Waals surface area contributed by atoms with Gasteiger partial charge in [0.15, 0.2) is 0 Å². The third-order valence-corrected chi connectivity index (χ3v) is 16.7. The molecule has 0 N–H and O–H groups in total. The van der Waals surface area contributed by atoms with E-state index in [0.717, 1.165) is 43.0 Å². The highest BCUT2D eigenvalue weighted by molar-refractivity contribution is 9.09. The maximum atomic E-state index is 14.4. The van der Waals surface area contributed by atoms with E-state index in [1.54, 1.807) is 0 Å². The van der Waals surface area contributed by atoms with Crippen LogP contribution in [0.15, 0.2) is 72.8 Å². The highest BCUT2D eigenvalue weighted by Gasteiger charge is 2.72. The maximum Gasteiger partial charge on any atom is 0.337 e. The van der Waals surface area contributed by atoms with Gasteiger partial charge < -0.3 is 9.47 Å². The van der Waals surface area contributed by atoms with Gasteiger partial charge in [0.2, 0.25) is 0 Å². The SMILES string of the molecule is C=C(CBr)C1CCC2(C(=O)OCc3ccccc3)CCC3(C)C(CCC4C5(C)CC=C(c6ccc(C(=O)OC)cc6)C(C)(C)C5CCC43C)C12. The molecule has 0 heterocycles. The second-order valence-corrected chi connectivity index (χ2v) is 18.5. The van der Waals surface area contributed by atoms with Crippen LogP contribution >= 0.6 is 15.9 Å². The van der Waals surface area contributed by atoms with Gasteiger partial charge in [-0.3, -0.25) is 4.79 Å². The fourth-order valence-corrected chi connectivity index (χ4v) is 13.8. The van der Waals surface area contributed by atoms with Crippen LogP contribution in [0.1, 0.15) is 114 Å². The molecule has 2 aromatic rings. The Morgan fingerprint density at radius 2 is 1.56 bits per heavy atom. The summed E-state index contributed by atoms with van der Waals surface area (Å²) in [5.41, 5.74) is 5.65. The Labute approximate surface area is 309 Å². The number of fused-ring (bicyclic) bond motifs is 7. The van der Waals surface area contributed by atoms with Crippen molar-refractivity contribution in [3.8, 4) is 0 Å². The van der Waals surface area contributed by atoms with Crippen LogP contribution in [0.4, 0.5) is 0 Å². The summed E-state index contributed by atoms with van der Waals surface area (Å²) in [5, 5.41) is 0.793. The second kappa shape index (κ2) is 12.8. The van der Waals surface area contributed by atoms with Crippen molar-refractivity contribution in [3.63, 3.8) is 0 Å². The number of rotatable bonds is 7. The summed E-state index contributed by atoms with van der Waals surface area (Å²) < 4.78 is 11.2. The van der Waals surface area contributed by atoms with Crippen LogP contribution in [-0.2, 0) is 20.9 Å². The number of halogens is 1. The smallest absolute Gasteiger partial charge is 0.337 e. The predicted molar refractivity (Wildman–Crippen MR) is 204 cm³/mol. The second-order valence-electron chi connectivity index (χ2n) is 18.0. The van der Waals surface area contributed by atoms with E-state index < -0.39 is 5.41 Å². The Hall–Kier alpha value is -2.66. The van der Waals surface area contributed by atoms with Crippen LogP contribution in [0.3, 0.4) is 0 Å². The third kappa shape index (κ3) is 5.17. The molecule has 4 saturated carbocycles. The van der Waals surface area contributed by atoms with E-state index >= 15 is 0 Å². The molecule has 4 nitrogen and oxygen atoms in total. The number of hydrogen-bond donors (Lipinski definition) is 0. The zero-order valence-corrected chi connectivity index (χ0v) is 32.7. The van der Waals surface area contributed by atoms with Crippen LogP contribution in [0.5, 0.6) is 0 Å². The molecule has 5 aliphatic rings. The molecule has 5 aliphatic carbocycles. The topological polar surface area (TPSA) is 52.6 Å². The lowest BCUT2D eigenvalue weighted by atomic mass is 9.32. The minimum absolute atomic E-state index is 0.00720. The highest BCUT2D eigenvalue weighted by atomic mass is 79.9. The number of methoxy groups -OCH3 is 1. The Morgan fingerprint density at radius 1 is 0.840 bits per heavy atom. The van der Waals surface area contributed by atoms with Crippen LogP contribution < -0.4 is 0 Å². The monoisotopic (exact) mass is 740 g/mol. The first-order chi connectivity index (χ1) is 23.8. The summed E-state index contributed by atoms with van der Waals surface area (Å²) in [4.78, 5) is 26.5. The van der Waals surface area contributed by atoms with Gasteiger partial charge in [-0.25, -0.2) is 4.79 Å². The van der Waals surface area contributed by atoms with E-state index in [-0.39, 0.29) is 39.5 Å². The molecular weight excluding hydrogens is 684 g/mol. The van der Waals surface area contributed by atoms with Crippen molar-refractivity contribution in [3.05, 3.63) is 89.5 Å². The average Bonchev–Trinajstić information content (AvgIpc) is 3.51. The summed E-state index contributed by atoms with van der Waals surface area (Å²) in [5.74, 6) is 2.03. The minimum Gasteiger partial charge on any atom is -0.465 e. The molecule has 0 aliphatic heterocycles. The average molecular weight is 742 g/mol. The minimum atomic E-state index is -0.424. The molecule has 0 bridgehead atoms. The van der Waals surface area contributed by atoms with Crippen molar-refractivity contribution < 1.29 is 19.1 Å². The van der Waals surface area contributed by atoms with Crippen molar-refractivity contribution in [1.82, 2.24) is 0 Å². The van der Waals surface area contributed by atoms with Gasteiger partial charge >= 0.3 is 11.9 Å². The van der Waals surface area contributed by atoms with Crippen molar-refractivity contribution in [1.29, 1.82) is 0 Å². The summed E-state index contributed by atoms with van der Waals surface area (Å²) >= 11 is 3.77. The van der Waals surface area contributed by atoms with Crippen LogP contribution in [0.2, 0.25) is 0 Å². The molecule has 5 heteroatoms. The lowest BCUT2D eigenvalue weighted by molar-refractivity contribution is -0.229. The van der Waals surface area contributed by atoms with E-state index in [0.29, 0.717) is 35.8 Å². The summed E-state index contributed by atoms with van der Waals surface area (Å²) in [7, 11) is 1.44. The van der Waals surface area contributed by atoms with Crippen LogP contribution in [-0.4, -0.2) is 24.4 Å². The molecule has 9 atom stereocenters. The van der Waals surface area contributed by atoms with Gasteiger partial charge in [-0.2, -0.15) is 0 Å². The molecule has 4 fully saturated rings. The number of hydrogen-bond acceptors (Lipinski definition) is 4. The van der Waals surface area contributed by atoms with E-state index in [1.807, 2.05) is 30.3 Å². The van der Waals surface area contributed by atoms with Crippen molar-refractivity contribution in [2.75, 3.05) is 12.4 Å². The number of alkyl halides is 1. The van der Waals surface area contributed by atoms with Gasteiger partial charge in [-0.05, 0) is 138 Å². The molecule has 268 valence electrons. The first kappa shape index (κ1) is 35.7. The summed E-state index contributed by atoms with van der Waals surface area (Å²) in [6, 6.07) is 18.2. The van der Waals surface area contributed by atoms with Gasteiger partial charge in [0.25, 0.3) is 0 Å². The van der Waals surface area contributed by atoms with Crippen molar-refractivity contribution >= 4 is 33.4 Å². The number of benzene rings is 2. The Morgan fingerprint density at radius 3 is 2.24 bits per heavy atom. The maximum absolute atomic E-state index is 14.4. The lowest BCUT2D eigenvalue weighted by Crippen LogP contribution is -2.66. The molecule has 0 saturated heterocycles. The van der Waals surface area contributed by atoms with Gasteiger partial charge in [-0.15, -0.1) is 0 Å². The Kier molecular flexibility index (Phi) is 9.13. The molecule has 7 rings (SSSR count). The van der Waals surface area contributed by atoms with Gasteiger partial charge in [0, 0.05) is 5.33 Å². The van der Waals surface area contributed by atoms with E-state index in [2.05, 4.69) is 87.5 Å². The largest absolute Gasteiger partial charge is 0.465 e. The zero-order chi connectivity index (χ0) is 35.7. The standard InChI is InChI=1S/C45H57BrO4/c1-29(27-46)33-19-24-45(40(48)50-28-30-11-9-8-10-12-30)26-25-43(5)35(38(33)45)17-18-37-42(4)22-20-34(31-13-15-32(16-14-31)39(47)49-7)41(2,3)36(42)21-23-44(37,43)6/h8-16,20,33,35-38H,1,17-19,21-28H2,2-7H3. The molecule has 0 radical (unpaired) electrons. The number of ether oxygens (including phenoxy) is 2. The van der Waals surface area contributed by atoms with Crippen molar-refractivity contribution in [2.24, 2.45) is 56.7 Å². The van der Waals surface area contributed by atoms with Crippen LogP contribution in [0, 0.1) is 56.7 Å². The van der Waals surface area contributed by atoms with E-state index in [9.17, 15) is 9.59 Å². The van der Waals surface area contributed by atoms with Crippen LogP contribution in [0.25, 0.3) is 5.57 Å². The molecule has 50 heavy (non-hydrogen) atoms. The molecule has 9 unspecified atom stereocenters. The third-order valence-electron chi connectivity index (χ3n) is 15.9. The fourth-order valence-electron chi connectivity index (χ4n) is 13.4. The molecule has 0 spiro atoms. The summed E-state index contributed by atoms with van der Waals surface area (Å²) in [6.45, 7) is 17.8. The predicted octanol–water partition coefficient (Wildman–Crippen LogP) is 11.2. The van der Waals surface area contributed by atoms with Crippen molar-refractivity contribution in [2.45, 2.75) is 99.0 Å². The van der Waals surface area contributed by atoms with Gasteiger partial charge in [-0.1, -0.05) is 111 Å². The fraction of sp³-hybridized carbons (Fsp3) is 0.600. The molecule has 0 aromatic heterocycles. The molecule has 2 aromatic carbocycles. The number of carbonyl (C=O) groups excluding carboxylic acids is 2. The quantitative estimate of drug-likeness (QED) is 0.161. The first-order valence-corrected chi connectivity index (χ1v) is 20.2. The molecule has 0 amide bonds. The van der Waals surface area contributed by atoms with Gasteiger partial charge in [0.1, 0.15) is 6.61 Å². The lowest BCUT2D eigenvalue weighted by Gasteiger charge is -2.72. The Balaban J connectivity index is 1.20. The first-order valence-electron chi connectivity index (χ1n) is 19.1. The summed E-state index contributed by atoms with van der Waals surface area (Å²) in [6.07, 6.45) is 12.4. The number of carbonyl (C=O) groups is 2. The normalized spacial score (nSPS) is 38.4.